The molecule has 1 heterocycles. The molecule has 1 nitrogen and oxygen atoms in total. The van der Waals surface area contributed by atoms with Crippen LogP contribution in [0.4, 0.5) is 0 Å². The summed E-state index contributed by atoms with van der Waals surface area (Å²) in [5.41, 5.74) is 2.06. The van der Waals surface area contributed by atoms with Gasteiger partial charge in [0.05, 0.1) is 20.6 Å². The van der Waals surface area contributed by atoms with E-state index in [9.17, 15) is 0 Å². The quantitative estimate of drug-likeness (QED) is 0.513. The third kappa shape index (κ3) is 2.64. The van der Waals surface area contributed by atoms with Crippen molar-refractivity contribution < 1.29 is 0 Å². The lowest BCUT2D eigenvalue weighted by Crippen LogP contribution is -1.97. The number of hydrogen-bond donors (Lipinski definition) is 0. The second-order valence-corrected chi connectivity index (χ2v) is 6.17. The molecule has 0 aliphatic heterocycles. The first-order valence-electron chi connectivity index (χ1n) is 5.92. The van der Waals surface area contributed by atoms with E-state index in [-0.39, 0.29) is 0 Å². The lowest BCUT2D eigenvalue weighted by atomic mass is 10.2. The van der Waals surface area contributed by atoms with Crippen LogP contribution in [0.5, 0.6) is 0 Å². The lowest BCUT2D eigenvalue weighted by Gasteiger charge is -2.07. The Hall–Kier alpha value is -0.860. The van der Waals surface area contributed by atoms with Crippen molar-refractivity contribution in [2.45, 2.75) is 6.54 Å². The van der Waals surface area contributed by atoms with Crippen LogP contribution in [0.1, 0.15) is 5.56 Å². The van der Waals surface area contributed by atoms with Crippen LogP contribution in [0, 0.1) is 0 Å². The SMILES string of the molecule is Clc1cc(Cl)c2ccn(Cc3ccc(Cl)c(Cl)c3)c2c1. The number of halogens is 4. The van der Waals surface area contributed by atoms with Crippen LogP contribution in [-0.4, -0.2) is 4.57 Å². The van der Waals surface area contributed by atoms with E-state index in [1.54, 1.807) is 12.1 Å². The minimum Gasteiger partial charge on any atom is -0.343 e. The van der Waals surface area contributed by atoms with Gasteiger partial charge in [0.1, 0.15) is 0 Å². The topological polar surface area (TPSA) is 4.93 Å². The fourth-order valence-electron chi connectivity index (χ4n) is 2.19. The zero-order valence-corrected chi connectivity index (χ0v) is 13.2. The highest BCUT2D eigenvalue weighted by Gasteiger charge is 2.07. The Balaban J connectivity index is 2.04. The highest BCUT2D eigenvalue weighted by molar-refractivity contribution is 6.42. The number of hydrogen-bond acceptors (Lipinski definition) is 0. The molecule has 0 amide bonds. The summed E-state index contributed by atoms with van der Waals surface area (Å²) in [5, 5.41) is 3.36. The lowest BCUT2D eigenvalue weighted by molar-refractivity contribution is 0.837. The number of nitrogens with zero attached hydrogens (tertiary/aromatic N) is 1. The maximum atomic E-state index is 6.19. The molecule has 102 valence electrons. The van der Waals surface area contributed by atoms with Gasteiger partial charge >= 0.3 is 0 Å². The van der Waals surface area contributed by atoms with Crippen molar-refractivity contribution in [3.63, 3.8) is 0 Å². The van der Waals surface area contributed by atoms with Crippen LogP contribution in [-0.2, 0) is 6.54 Å². The molecule has 1 aromatic heterocycles. The van der Waals surface area contributed by atoms with Crippen molar-refractivity contribution in [3.8, 4) is 0 Å². The summed E-state index contributed by atoms with van der Waals surface area (Å²) in [6.07, 6.45) is 1.98. The van der Waals surface area contributed by atoms with Gasteiger partial charge in [0.25, 0.3) is 0 Å². The van der Waals surface area contributed by atoms with Crippen LogP contribution in [0.25, 0.3) is 10.9 Å². The Kier molecular flexibility index (Phi) is 3.87. The molecule has 0 radical (unpaired) electrons. The van der Waals surface area contributed by atoms with Crippen LogP contribution in [0.2, 0.25) is 20.1 Å². The molecule has 0 spiro atoms. The Bertz CT molecular complexity index is 792. The van der Waals surface area contributed by atoms with E-state index in [4.69, 9.17) is 46.4 Å². The molecule has 0 unspecified atom stereocenters. The second kappa shape index (κ2) is 5.50. The molecule has 0 saturated heterocycles. The molecule has 2 aromatic carbocycles. The molecule has 20 heavy (non-hydrogen) atoms. The molecule has 0 fully saturated rings. The van der Waals surface area contributed by atoms with Gasteiger partial charge in [-0.15, -0.1) is 0 Å². The molecular formula is C15H9Cl4N. The standard InChI is InChI=1S/C15H9Cl4N/c16-10-6-13(18)11-3-4-20(15(11)7-10)8-9-1-2-12(17)14(19)5-9/h1-7H,8H2. The third-order valence-corrected chi connectivity index (χ3v) is 4.41. The number of aromatic nitrogens is 1. The first-order chi connectivity index (χ1) is 9.54. The summed E-state index contributed by atoms with van der Waals surface area (Å²) in [6.45, 7) is 0.678. The predicted octanol–water partition coefficient (Wildman–Crippen LogP) is 6.30. The molecule has 0 bridgehead atoms. The maximum absolute atomic E-state index is 6.19. The first kappa shape index (κ1) is 14.1. The Morgan fingerprint density at radius 3 is 2.35 bits per heavy atom. The van der Waals surface area contributed by atoms with Gasteiger partial charge in [-0.25, -0.2) is 0 Å². The van der Waals surface area contributed by atoms with Crippen LogP contribution in [0.15, 0.2) is 42.6 Å². The fourth-order valence-corrected chi connectivity index (χ4v) is 3.06. The van der Waals surface area contributed by atoms with Crippen LogP contribution >= 0.6 is 46.4 Å². The molecule has 0 N–H and O–H groups in total. The summed E-state index contributed by atoms with van der Waals surface area (Å²) in [5.74, 6) is 0. The summed E-state index contributed by atoms with van der Waals surface area (Å²) < 4.78 is 2.08. The summed E-state index contributed by atoms with van der Waals surface area (Å²) in [7, 11) is 0. The van der Waals surface area contributed by atoms with E-state index in [1.165, 1.54) is 0 Å². The van der Waals surface area contributed by atoms with Crippen LogP contribution < -0.4 is 0 Å². The van der Waals surface area contributed by atoms with Gasteiger partial charge in [0, 0.05) is 23.2 Å². The van der Waals surface area contributed by atoms with Gasteiger partial charge in [0.2, 0.25) is 0 Å². The average molecular weight is 345 g/mol. The average Bonchev–Trinajstić information content (AvgIpc) is 2.77. The number of benzene rings is 2. The monoisotopic (exact) mass is 343 g/mol. The second-order valence-electron chi connectivity index (χ2n) is 4.51. The normalized spacial score (nSPS) is 11.2. The van der Waals surface area contributed by atoms with Gasteiger partial charge in [-0.1, -0.05) is 52.5 Å². The number of fused-ring (bicyclic) bond motifs is 1. The van der Waals surface area contributed by atoms with Crippen molar-refractivity contribution >= 4 is 57.3 Å². The number of rotatable bonds is 2. The zero-order valence-electron chi connectivity index (χ0n) is 10.2. The Morgan fingerprint density at radius 2 is 1.60 bits per heavy atom. The van der Waals surface area contributed by atoms with E-state index in [2.05, 4.69) is 4.57 Å². The van der Waals surface area contributed by atoms with Gasteiger partial charge in [-0.3, -0.25) is 0 Å². The Morgan fingerprint density at radius 1 is 0.800 bits per heavy atom. The van der Waals surface area contributed by atoms with Crippen molar-refractivity contribution in [2.75, 3.05) is 0 Å². The van der Waals surface area contributed by atoms with Crippen molar-refractivity contribution in [1.82, 2.24) is 4.57 Å². The Labute approximate surface area is 136 Å². The van der Waals surface area contributed by atoms with E-state index >= 15 is 0 Å². The van der Waals surface area contributed by atoms with Crippen molar-refractivity contribution in [3.05, 3.63) is 68.2 Å². The maximum Gasteiger partial charge on any atom is 0.0595 e. The van der Waals surface area contributed by atoms with Gasteiger partial charge in [0.15, 0.2) is 0 Å². The highest BCUT2D eigenvalue weighted by Crippen LogP contribution is 2.30. The van der Waals surface area contributed by atoms with Gasteiger partial charge in [-0.2, -0.15) is 0 Å². The smallest absolute Gasteiger partial charge is 0.0595 e. The zero-order chi connectivity index (χ0) is 14.3. The summed E-state index contributed by atoms with van der Waals surface area (Å²) >= 11 is 24.2. The summed E-state index contributed by atoms with van der Waals surface area (Å²) in [4.78, 5) is 0. The van der Waals surface area contributed by atoms with Crippen molar-refractivity contribution in [2.24, 2.45) is 0 Å². The highest BCUT2D eigenvalue weighted by atomic mass is 35.5. The summed E-state index contributed by atoms with van der Waals surface area (Å²) in [6, 6.07) is 11.2. The molecule has 3 aromatic rings. The minimum atomic E-state index is 0.552. The van der Waals surface area contributed by atoms with E-state index in [0.717, 1.165) is 16.5 Å². The molecular weight excluding hydrogens is 336 g/mol. The third-order valence-electron chi connectivity index (χ3n) is 3.14. The fraction of sp³-hybridized carbons (Fsp3) is 0.0667. The van der Waals surface area contributed by atoms with E-state index in [0.29, 0.717) is 26.6 Å². The molecule has 0 aliphatic carbocycles. The van der Waals surface area contributed by atoms with Gasteiger partial charge in [-0.05, 0) is 35.9 Å². The predicted molar refractivity (Wildman–Crippen MR) is 87.5 cm³/mol. The largest absolute Gasteiger partial charge is 0.343 e. The van der Waals surface area contributed by atoms with E-state index in [1.807, 2.05) is 30.5 Å². The molecule has 0 saturated carbocycles. The molecule has 3 rings (SSSR count). The van der Waals surface area contributed by atoms with Crippen molar-refractivity contribution in [1.29, 1.82) is 0 Å². The van der Waals surface area contributed by atoms with Crippen LogP contribution in [0.3, 0.4) is 0 Å². The first-order valence-corrected chi connectivity index (χ1v) is 7.43. The van der Waals surface area contributed by atoms with Gasteiger partial charge < -0.3 is 4.57 Å². The molecule has 0 aliphatic rings. The minimum absolute atomic E-state index is 0.552. The molecule has 5 heteroatoms. The molecule has 0 atom stereocenters. The van der Waals surface area contributed by atoms with E-state index < -0.39 is 0 Å².